The van der Waals surface area contributed by atoms with E-state index in [1.54, 1.807) is 0 Å². The van der Waals surface area contributed by atoms with Crippen LogP contribution in [0.5, 0.6) is 0 Å². The van der Waals surface area contributed by atoms with Crippen molar-refractivity contribution in [2.24, 2.45) is 0 Å². The number of rotatable bonds is 5. The van der Waals surface area contributed by atoms with E-state index in [-0.39, 0.29) is 11.8 Å². The number of nitrogens with zero attached hydrogens (tertiary/aromatic N) is 3. The quantitative estimate of drug-likeness (QED) is 0.767. The normalized spacial score (nSPS) is 23.7. The molecule has 0 saturated carbocycles. The van der Waals surface area contributed by atoms with Gasteiger partial charge in [0.2, 0.25) is 11.8 Å². The van der Waals surface area contributed by atoms with Crippen LogP contribution in [0.3, 0.4) is 0 Å². The molecular weight excluding hydrogens is 362 g/mol. The number of carbonyl (C=O) groups excluding carboxylic acids is 2. The van der Waals surface area contributed by atoms with Gasteiger partial charge in [0.25, 0.3) is 0 Å². The van der Waals surface area contributed by atoms with Gasteiger partial charge in [-0.1, -0.05) is 30.7 Å². The second-order valence-electron chi connectivity index (χ2n) is 9.07. The average Bonchev–Trinajstić information content (AvgIpc) is 3.08. The number of hydrogen-bond donors (Lipinski definition) is 0. The third kappa shape index (κ3) is 4.82. The number of amides is 2. The molecule has 0 spiro atoms. The highest BCUT2D eigenvalue weighted by molar-refractivity contribution is 5.79. The number of carbonyl (C=O) groups is 2. The molecule has 1 aromatic carbocycles. The number of benzene rings is 1. The third-order valence-corrected chi connectivity index (χ3v) is 7.18. The number of piperidine rings is 1. The van der Waals surface area contributed by atoms with Gasteiger partial charge in [0.05, 0.1) is 0 Å². The molecule has 2 amide bonds. The van der Waals surface area contributed by atoms with Gasteiger partial charge in [-0.25, -0.2) is 0 Å². The molecule has 5 nitrogen and oxygen atoms in total. The molecule has 3 aliphatic rings. The molecule has 2 aliphatic heterocycles. The van der Waals surface area contributed by atoms with Crippen LogP contribution in [0.1, 0.15) is 56.1 Å². The van der Waals surface area contributed by atoms with E-state index >= 15 is 0 Å². The molecule has 0 unspecified atom stereocenters. The van der Waals surface area contributed by atoms with E-state index in [2.05, 4.69) is 29.2 Å². The second-order valence-corrected chi connectivity index (χ2v) is 9.07. The Morgan fingerprint density at radius 2 is 1.83 bits per heavy atom. The van der Waals surface area contributed by atoms with Crippen LogP contribution in [0, 0.1) is 0 Å². The summed E-state index contributed by atoms with van der Waals surface area (Å²) in [6, 6.07) is 9.67. The summed E-state index contributed by atoms with van der Waals surface area (Å²) >= 11 is 0. The van der Waals surface area contributed by atoms with E-state index in [0.29, 0.717) is 31.5 Å². The minimum absolute atomic E-state index is 0.184. The number of likely N-dealkylation sites (N-methyl/N-ethyl adjacent to an activating group) is 1. The smallest absolute Gasteiger partial charge is 0.224 e. The summed E-state index contributed by atoms with van der Waals surface area (Å²) in [6.07, 6.45) is 8.79. The van der Waals surface area contributed by atoms with Crippen molar-refractivity contribution in [1.82, 2.24) is 14.7 Å². The highest BCUT2D eigenvalue weighted by Gasteiger charge is 2.32. The lowest BCUT2D eigenvalue weighted by Crippen LogP contribution is -2.52. The van der Waals surface area contributed by atoms with Gasteiger partial charge in [0.15, 0.2) is 0 Å². The molecule has 1 aromatic rings. The van der Waals surface area contributed by atoms with E-state index in [9.17, 15) is 9.59 Å². The largest absolute Gasteiger partial charge is 0.342 e. The van der Waals surface area contributed by atoms with Gasteiger partial charge in [0.1, 0.15) is 0 Å². The number of fused-ring (bicyclic) bond motifs is 1. The van der Waals surface area contributed by atoms with Crippen LogP contribution in [0.25, 0.3) is 0 Å². The molecule has 2 heterocycles. The first-order chi connectivity index (χ1) is 14.1. The fourth-order valence-corrected chi connectivity index (χ4v) is 5.31. The van der Waals surface area contributed by atoms with Gasteiger partial charge < -0.3 is 9.80 Å². The van der Waals surface area contributed by atoms with Crippen LogP contribution in [-0.2, 0) is 22.4 Å². The molecule has 5 heteroatoms. The summed E-state index contributed by atoms with van der Waals surface area (Å²) in [4.78, 5) is 31.5. The second kappa shape index (κ2) is 9.29. The van der Waals surface area contributed by atoms with Gasteiger partial charge >= 0.3 is 0 Å². The Morgan fingerprint density at radius 1 is 1.07 bits per heavy atom. The van der Waals surface area contributed by atoms with E-state index < -0.39 is 0 Å². The van der Waals surface area contributed by atoms with Gasteiger partial charge in [-0.05, 0) is 56.2 Å². The maximum absolute atomic E-state index is 12.9. The Morgan fingerprint density at radius 3 is 2.59 bits per heavy atom. The first kappa shape index (κ1) is 20.4. The Kier molecular flexibility index (Phi) is 6.53. The molecule has 2 saturated heterocycles. The Bertz CT molecular complexity index is 710. The average molecular weight is 398 g/mol. The van der Waals surface area contributed by atoms with Crippen molar-refractivity contribution in [2.75, 3.05) is 33.2 Å². The fraction of sp³-hybridized carbons (Fsp3) is 0.667. The summed E-state index contributed by atoms with van der Waals surface area (Å²) in [5, 5.41) is 0. The minimum Gasteiger partial charge on any atom is -0.342 e. The molecule has 0 aromatic heterocycles. The van der Waals surface area contributed by atoms with Crippen molar-refractivity contribution in [2.45, 2.75) is 69.9 Å². The van der Waals surface area contributed by atoms with Gasteiger partial charge in [-0.2, -0.15) is 0 Å². The van der Waals surface area contributed by atoms with E-state index in [0.717, 1.165) is 64.6 Å². The third-order valence-electron chi connectivity index (χ3n) is 7.18. The molecule has 2 fully saturated rings. The van der Waals surface area contributed by atoms with Gasteiger partial charge in [0, 0.05) is 51.6 Å². The molecule has 0 N–H and O–H groups in total. The Hall–Kier alpha value is -1.88. The number of likely N-dealkylation sites (tertiary alicyclic amines) is 2. The van der Waals surface area contributed by atoms with Crippen LogP contribution in [0.4, 0.5) is 0 Å². The van der Waals surface area contributed by atoms with E-state index in [4.69, 9.17) is 0 Å². The van der Waals surface area contributed by atoms with Crippen molar-refractivity contribution >= 4 is 11.8 Å². The van der Waals surface area contributed by atoms with Gasteiger partial charge in [-0.15, -0.1) is 0 Å². The van der Waals surface area contributed by atoms with Crippen LogP contribution < -0.4 is 0 Å². The fourth-order valence-electron chi connectivity index (χ4n) is 5.31. The molecule has 1 atom stereocenters. The van der Waals surface area contributed by atoms with E-state index in [1.165, 1.54) is 11.1 Å². The highest BCUT2D eigenvalue weighted by Crippen LogP contribution is 2.28. The summed E-state index contributed by atoms with van der Waals surface area (Å²) in [7, 11) is 1.96. The van der Waals surface area contributed by atoms with Crippen molar-refractivity contribution in [3.8, 4) is 0 Å². The standard InChI is InChI=1S/C24H35N3O2/c1-25(23(28)12-15-26-13-6-2-3-11-24(26)29)21-10-7-14-27(18-21)22-16-19-8-4-5-9-20(19)17-22/h4-5,8-9,21-22H,2-3,6-7,10-18H2,1H3/t21-/m1/s1. The Balaban J connectivity index is 1.28. The molecule has 4 rings (SSSR count). The molecule has 0 radical (unpaired) electrons. The van der Waals surface area contributed by atoms with Crippen molar-refractivity contribution in [3.05, 3.63) is 35.4 Å². The highest BCUT2D eigenvalue weighted by atomic mass is 16.2. The zero-order valence-corrected chi connectivity index (χ0v) is 17.8. The number of hydrogen-bond acceptors (Lipinski definition) is 3. The lowest BCUT2D eigenvalue weighted by atomic mass is 10.0. The minimum atomic E-state index is 0.184. The zero-order chi connectivity index (χ0) is 20.2. The predicted octanol–water partition coefficient (Wildman–Crippen LogP) is 2.87. The molecule has 0 bridgehead atoms. The van der Waals surface area contributed by atoms with Crippen molar-refractivity contribution in [1.29, 1.82) is 0 Å². The first-order valence-electron chi connectivity index (χ1n) is 11.5. The first-order valence-corrected chi connectivity index (χ1v) is 11.5. The molecular formula is C24H35N3O2. The van der Waals surface area contributed by atoms with Crippen molar-refractivity contribution in [3.63, 3.8) is 0 Å². The monoisotopic (exact) mass is 397 g/mol. The maximum Gasteiger partial charge on any atom is 0.224 e. The van der Waals surface area contributed by atoms with Crippen LogP contribution in [0.15, 0.2) is 24.3 Å². The van der Waals surface area contributed by atoms with Crippen LogP contribution in [0.2, 0.25) is 0 Å². The van der Waals surface area contributed by atoms with Crippen molar-refractivity contribution < 1.29 is 9.59 Å². The summed E-state index contributed by atoms with van der Waals surface area (Å²) < 4.78 is 0. The summed E-state index contributed by atoms with van der Waals surface area (Å²) in [6.45, 7) is 3.51. The summed E-state index contributed by atoms with van der Waals surface area (Å²) in [5.41, 5.74) is 2.98. The zero-order valence-electron chi connectivity index (χ0n) is 17.8. The SMILES string of the molecule is CN(C(=O)CCN1CCCCCC1=O)[C@@H]1CCCN(C2Cc3ccccc3C2)C1. The van der Waals surface area contributed by atoms with E-state index in [1.807, 2.05) is 16.8 Å². The predicted molar refractivity (Wildman–Crippen MR) is 115 cm³/mol. The molecule has 158 valence electrons. The molecule has 1 aliphatic carbocycles. The Labute approximate surface area is 175 Å². The van der Waals surface area contributed by atoms with Crippen LogP contribution in [-0.4, -0.2) is 71.8 Å². The van der Waals surface area contributed by atoms with Gasteiger partial charge in [-0.3, -0.25) is 14.5 Å². The van der Waals surface area contributed by atoms with Crippen LogP contribution >= 0.6 is 0 Å². The molecule has 29 heavy (non-hydrogen) atoms. The lowest BCUT2D eigenvalue weighted by molar-refractivity contribution is -0.135. The summed E-state index contributed by atoms with van der Waals surface area (Å²) in [5.74, 6) is 0.409. The maximum atomic E-state index is 12.9. The lowest BCUT2D eigenvalue weighted by Gasteiger charge is -2.40. The topological polar surface area (TPSA) is 43.9 Å².